The van der Waals surface area contributed by atoms with Crippen molar-refractivity contribution in [2.24, 2.45) is 11.8 Å². The van der Waals surface area contributed by atoms with Crippen LogP contribution >= 0.6 is 11.3 Å². The summed E-state index contributed by atoms with van der Waals surface area (Å²) < 4.78 is 0. The number of anilines is 1. The quantitative estimate of drug-likeness (QED) is 0.839. The van der Waals surface area contributed by atoms with Crippen LogP contribution in [0.3, 0.4) is 0 Å². The van der Waals surface area contributed by atoms with E-state index in [4.69, 9.17) is 5.73 Å². The highest BCUT2D eigenvalue weighted by Gasteiger charge is 2.22. The SMILES string of the molecule is C[C@@H]1C[C@H](C)CN(Cc2csc(N)n2)C1. The third-order valence-corrected chi connectivity index (χ3v) is 3.62. The number of nitrogen functional groups attached to an aromatic ring is 1. The van der Waals surface area contributed by atoms with E-state index in [2.05, 4.69) is 29.1 Å². The van der Waals surface area contributed by atoms with Crippen molar-refractivity contribution in [3.8, 4) is 0 Å². The summed E-state index contributed by atoms with van der Waals surface area (Å²) in [5.74, 6) is 1.62. The summed E-state index contributed by atoms with van der Waals surface area (Å²) in [4.78, 5) is 6.80. The van der Waals surface area contributed by atoms with Crippen molar-refractivity contribution in [1.82, 2.24) is 9.88 Å². The topological polar surface area (TPSA) is 42.1 Å². The number of likely N-dealkylation sites (tertiary alicyclic amines) is 1. The lowest BCUT2D eigenvalue weighted by atomic mass is 9.92. The van der Waals surface area contributed by atoms with E-state index in [1.165, 1.54) is 30.8 Å². The van der Waals surface area contributed by atoms with Crippen molar-refractivity contribution < 1.29 is 0 Å². The van der Waals surface area contributed by atoms with Crippen molar-refractivity contribution in [3.05, 3.63) is 11.1 Å². The fourth-order valence-electron chi connectivity index (χ4n) is 2.55. The number of hydrogen-bond acceptors (Lipinski definition) is 4. The van der Waals surface area contributed by atoms with Gasteiger partial charge in [-0.3, -0.25) is 4.90 Å². The van der Waals surface area contributed by atoms with Gasteiger partial charge in [0.05, 0.1) is 5.69 Å². The van der Waals surface area contributed by atoms with E-state index in [1.807, 2.05) is 0 Å². The van der Waals surface area contributed by atoms with E-state index in [9.17, 15) is 0 Å². The molecule has 0 bridgehead atoms. The van der Waals surface area contributed by atoms with E-state index in [-0.39, 0.29) is 0 Å². The molecule has 2 rings (SSSR count). The Labute approximate surface area is 95.3 Å². The first-order chi connectivity index (χ1) is 7.13. The van der Waals surface area contributed by atoms with Gasteiger partial charge in [0.2, 0.25) is 0 Å². The first kappa shape index (κ1) is 10.9. The molecular formula is C11H19N3S. The van der Waals surface area contributed by atoms with Gasteiger partial charge in [-0.25, -0.2) is 4.98 Å². The zero-order chi connectivity index (χ0) is 10.8. The number of nitrogens with two attached hydrogens (primary N) is 1. The predicted octanol–water partition coefficient (Wildman–Crippen LogP) is 2.20. The van der Waals surface area contributed by atoms with Crippen LogP contribution in [0.4, 0.5) is 5.13 Å². The monoisotopic (exact) mass is 225 g/mol. The molecule has 15 heavy (non-hydrogen) atoms. The van der Waals surface area contributed by atoms with Crippen LogP contribution in [0, 0.1) is 11.8 Å². The lowest BCUT2D eigenvalue weighted by Crippen LogP contribution is -2.38. The summed E-state index contributed by atoms with van der Waals surface area (Å²) in [5.41, 5.74) is 6.75. The van der Waals surface area contributed by atoms with Crippen molar-refractivity contribution in [2.75, 3.05) is 18.8 Å². The predicted molar refractivity (Wildman–Crippen MR) is 64.7 cm³/mol. The highest BCUT2D eigenvalue weighted by Crippen LogP contribution is 2.23. The third-order valence-electron chi connectivity index (χ3n) is 2.90. The van der Waals surface area contributed by atoms with Gasteiger partial charge in [0.15, 0.2) is 5.13 Å². The number of hydrogen-bond donors (Lipinski definition) is 1. The number of rotatable bonds is 2. The van der Waals surface area contributed by atoms with Crippen LogP contribution in [-0.2, 0) is 6.54 Å². The minimum absolute atomic E-state index is 0.683. The van der Waals surface area contributed by atoms with E-state index in [0.717, 1.165) is 24.1 Å². The fourth-order valence-corrected chi connectivity index (χ4v) is 3.10. The summed E-state index contributed by atoms with van der Waals surface area (Å²) >= 11 is 1.53. The first-order valence-corrected chi connectivity index (χ1v) is 6.43. The van der Waals surface area contributed by atoms with Crippen molar-refractivity contribution in [3.63, 3.8) is 0 Å². The van der Waals surface area contributed by atoms with Crippen molar-refractivity contribution >= 4 is 16.5 Å². The Hall–Kier alpha value is -0.610. The Morgan fingerprint density at radius 2 is 2.13 bits per heavy atom. The van der Waals surface area contributed by atoms with Crippen LogP contribution < -0.4 is 5.73 Å². The zero-order valence-corrected chi connectivity index (χ0v) is 10.3. The zero-order valence-electron chi connectivity index (χ0n) is 9.44. The minimum Gasteiger partial charge on any atom is -0.375 e. The molecule has 0 spiro atoms. The summed E-state index contributed by atoms with van der Waals surface area (Å²) in [7, 11) is 0. The van der Waals surface area contributed by atoms with Gasteiger partial charge in [0.25, 0.3) is 0 Å². The molecule has 1 aromatic rings. The highest BCUT2D eigenvalue weighted by molar-refractivity contribution is 7.13. The number of piperidine rings is 1. The average Bonchev–Trinajstić information content (AvgIpc) is 2.49. The molecule has 0 aliphatic carbocycles. The smallest absolute Gasteiger partial charge is 0.180 e. The Bertz CT molecular complexity index is 313. The number of thiazole rings is 1. The molecule has 84 valence electrons. The Kier molecular flexibility index (Phi) is 3.26. The van der Waals surface area contributed by atoms with E-state index in [0.29, 0.717) is 5.13 Å². The number of aromatic nitrogens is 1. The normalized spacial score (nSPS) is 28.1. The second kappa shape index (κ2) is 4.49. The Morgan fingerprint density at radius 1 is 1.47 bits per heavy atom. The van der Waals surface area contributed by atoms with Crippen LogP contribution in [0.25, 0.3) is 0 Å². The van der Waals surface area contributed by atoms with Gasteiger partial charge in [-0.05, 0) is 18.3 Å². The average molecular weight is 225 g/mol. The molecule has 3 nitrogen and oxygen atoms in total. The lowest BCUT2D eigenvalue weighted by molar-refractivity contribution is 0.133. The van der Waals surface area contributed by atoms with Crippen molar-refractivity contribution in [2.45, 2.75) is 26.8 Å². The second-order valence-electron chi connectivity index (χ2n) is 4.82. The molecule has 0 saturated carbocycles. The Balaban J connectivity index is 1.94. The lowest BCUT2D eigenvalue weighted by Gasteiger charge is -2.34. The third kappa shape index (κ3) is 2.92. The van der Waals surface area contributed by atoms with Crippen LogP contribution in [0.2, 0.25) is 0 Å². The van der Waals surface area contributed by atoms with Crippen LogP contribution in [0.1, 0.15) is 26.0 Å². The maximum absolute atomic E-state index is 5.63. The molecule has 0 amide bonds. The second-order valence-corrected chi connectivity index (χ2v) is 5.71. The summed E-state index contributed by atoms with van der Waals surface area (Å²) in [6, 6.07) is 0. The maximum Gasteiger partial charge on any atom is 0.180 e. The summed E-state index contributed by atoms with van der Waals surface area (Å²) in [5, 5.41) is 2.75. The highest BCUT2D eigenvalue weighted by atomic mass is 32.1. The van der Waals surface area contributed by atoms with Gasteiger partial charge < -0.3 is 5.73 Å². The fraction of sp³-hybridized carbons (Fsp3) is 0.727. The van der Waals surface area contributed by atoms with Gasteiger partial charge in [-0.1, -0.05) is 13.8 Å². The van der Waals surface area contributed by atoms with Gasteiger partial charge in [0, 0.05) is 25.0 Å². The molecule has 0 aromatic carbocycles. The standard InChI is InChI=1S/C11H19N3S/c1-8-3-9(2)5-14(4-8)6-10-7-15-11(12)13-10/h7-9H,3-6H2,1-2H3,(H2,12,13)/t8-,9+. The molecule has 0 radical (unpaired) electrons. The summed E-state index contributed by atoms with van der Waals surface area (Å²) in [6.07, 6.45) is 1.36. The molecule has 0 unspecified atom stereocenters. The van der Waals surface area contributed by atoms with Crippen LogP contribution in [-0.4, -0.2) is 23.0 Å². The molecule has 1 aliphatic heterocycles. The van der Waals surface area contributed by atoms with E-state index in [1.54, 1.807) is 0 Å². The van der Waals surface area contributed by atoms with E-state index >= 15 is 0 Å². The van der Waals surface area contributed by atoms with Gasteiger partial charge in [-0.15, -0.1) is 11.3 Å². The molecule has 2 atom stereocenters. The first-order valence-electron chi connectivity index (χ1n) is 5.55. The molecule has 4 heteroatoms. The number of nitrogens with zero attached hydrogens (tertiary/aromatic N) is 2. The molecular weight excluding hydrogens is 206 g/mol. The van der Waals surface area contributed by atoms with Gasteiger partial charge in [-0.2, -0.15) is 0 Å². The molecule has 2 N–H and O–H groups in total. The molecule has 2 heterocycles. The van der Waals surface area contributed by atoms with Gasteiger partial charge >= 0.3 is 0 Å². The largest absolute Gasteiger partial charge is 0.375 e. The van der Waals surface area contributed by atoms with Crippen LogP contribution in [0.5, 0.6) is 0 Å². The molecule has 1 fully saturated rings. The van der Waals surface area contributed by atoms with E-state index < -0.39 is 0 Å². The minimum atomic E-state index is 0.683. The van der Waals surface area contributed by atoms with Crippen LogP contribution in [0.15, 0.2) is 5.38 Å². The van der Waals surface area contributed by atoms with Gasteiger partial charge in [0.1, 0.15) is 0 Å². The molecule has 1 aromatic heterocycles. The molecule has 1 saturated heterocycles. The molecule has 1 aliphatic rings. The Morgan fingerprint density at radius 3 is 2.67 bits per heavy atom. The van der Waals surface area contributed by atoms with Crippen molar-refractivity contribution in [1.29, 1.82) is 0 Å². The summed E-state index contributed by atoms with van der Waals surface area (Å²) in [6.45, 7) is 8.02. The maximum atomic E-state index is 5.63.